The number of hydrogen-bond acceptors (Lipinski definition) is 5. The van der Waals surface area contributed by atoms with Gasteiger partial charge in [0, 0.05) is 6.20 Å². The molecule has 3 aromatic heterocycles. The van der Waals surface area contributed by atoms with Crippen molar-refractivity contribution in [1.82, 2.24) is 19.6 Å². The number of nitrogens with one attached hydrogen (secondary N) is 1. The van der Waals surface area contributed by atoms with Crippen LogP contribution in [0, 0.1) is 6.92 Å². The maximum absolute atomic E-state index is 12.6. The Hall–Kier alpha value is -3.06. The van der Waals surface area contributed by atoms with Crippen molar-refractivity contribution in [2.24, 2.45) is 0 Å². The predicted octanol–water partition coefficient (Wildman–Crippen LogP) is 3.25. The zero-order chi connectivity index (χ0) is 16.5. The van der Waals surface area contributed by atoms with Gasteiger partial charge in [-0.1, -0.05) is 18.2 Å². The van der Waals surface area contributed by atoms with E-state index < -0.39 is 0 Å². The first kappa shape index (κ1) is 14.5. The predicted molar refractivity (Wildman–Crippen MR) is 93.5 cm³/mol. The van der Waals surface area contributed by atoms with E-state index in [9.17, 15) is 4.79 Å². The van der Waals surface area contributed by atoms with Gasteiger partial charge in [0.2, 0.25) is 0 Å². The summed E-state index contributed by atoms with van der Waals surface area (Å²) in [7, 11) is 0. The monoisotopic (exact) mass is 335 g/mol. The van der Waals surface area contributed by atoms with Gasteiger partial charge in [0.25, 0.3) is 5.91 Å². The molecule has 0 aliphatic rings. The zero-order valence-electron chi connectivity index (χ0n) is 12.8. The largest absolute Gasteiger partial charge is 0.282 e. The van der Waals surface area contributed by atoms with E-state index in [-0.39, 0.29) is 5.91 Å². The molecule has 3 heterocycles. The minimum atomic E-state index is -0.213. The van der Waals surface area contributed by atoms with Crippen molar-refractivity contribution in [1.29, 1.82) is 0 Å². The molecular weight excluding hydrogens is 322 g/mol. The molecule has 0 spiro atoms. The number of imidazole rings is 1. The number of benzene rings is 1. The SMILES string of the molecule is Cc1nc(-c2ccccn2)sc1C(=O)Nn1cnc2ccccc21. The Morgan fingerprint density at radius 1 is 1.12 bits per heavy atom. The fourth-order valence-corrected chi connectivity index (χ4v) is 3.35. The van der Waals surface area contributed by atoms with Gasteiger partial charge >= 0.3 is 0 Å². The number of rotatable bonds is 3. The average Bonchev–Trinajstić information content (AvgIpc) is 3.20. The number of carbonyl (C=O) groups excluding carboxylic acids is 1. The Bertz CT molecular complexity index is 1020. The number of nitrogens with zero attached hydrogens (tertiary/aromatic N) is 4. The second-order valence-corrected chi connectivity index (χ2v) is 6.19. The van der Waals surface area contributed by atoms with E-state index in [1.54, 1.807) is 17.2 Å². The fourth-order valence-electron chi connectivity index (χ4n) is 2.41. The quantitative estimate of drug-likeness (QED) is 0.624. The molecule has 0 saturated carbocycles. The molecule has 0 saturated heterocycles. The molecular formula is C17H13N5OS. The number of aromatic nitrogens is 4. The molecule has 24 heavy (non-hydrogen) atoms. The van der Waals surface area contributed by atoms with Crippen LogP contribution in [0.3, 0.4) is 0 Å². The number of carbonyl (C=O) groups is 1. The molecule has 0 aliphatic carbocycles. The summed E-state index contributed by atoms with van der Waals surface area (Å²) in [5.74, 6) is -0.213. The van der Waals surface area contributed by atoms with Crippen LogP contribution >= 0.6 is 11.3 Å². The molecule has 7 heteroatoms. The van der Waals surface area contributed by atoms with E-state index >= 15 is 0 Å². The summed E-state index contributed by atoms with van der Waals surface area (Å²) >= 11 is 1.33. The van der Waals surface area contributed by atoms with Gasteiger partial charge in [-0.05, 0) is 31.2 Å². The van der Waals surface area contributed by atoms with E-state index in [0.717, 1.165) is 21.7 Å². The van der Waals surface area contributed by atoms with Crippen molar-refractivity contribution >= 4 is 28.3 Å². The van der Waals surface area contributed by atoms with Gasteiger partial charge < -0.3 is 0 Å². The first-order valence-electron chi connectivity index (χ1n) is 7.34. The molecule has 1 amide bonds. The lowest BCUT2D eigenvalue weighted by atomic mass is 10.3. The first-order chi connectivity index (χ1) is 11.7. The molecule has 0 atom stereocenters. The summed E-state index contributed by atoms with van der Waals surface area (Å²) in [6.45, 7) is 1.82. The number of hydrogen-bond donors (Lipinski definition) is 1. The van der Waals surface area contributed by atoms with Crippen molar-refractivity contribution in [2.45, 2.75) is 6.92 Å². The molecule has 0 radical (unpaired) electrons. The van der Waals surface area contributed by atoms with Crippen LogP contribution in [0.1, 0.15) is 15.4 Å². The second kappa shape index (κ2) is 5.86. The van der Waals surface area contributed by atoms with Crippen LogP contribution < -0.4 is 5.43 Å². The molecule has 0 aliphatic heterocycles. The summed E-state index contributed by atoms with van der Waals surface area (Å²) < 4.78 is 1.62. The summed E-state index contributed by atoms with van der Waals surface area (Å²) in [6.07, 6.45) is 3.31. The zero-order valence-corrected chi connectivity index (χ0v) is 13.6. The van der Waals surface area contributed by atoms with Gasteiger partial charge in [-0.25, -0.2) is 14.6 Å². The van der Waals surface area contributed by atoms with Crippen molar-refractivity contribution in [2.75, 3.05) is 5.43 Å². The van der Waals surface area contributed by atoms with Gasteiger partial charge in [0.1, 0.15) is 16.2 Å². The van der Waals surface area contributed by atoms with E-state index in [2.05, 4.69) is 20.4 Å². The Kier molecular flexibility index (Phi) is 3.55. The lowest BCUT2D eigenvalue weighted by molar-refractivity contribution is 0.101. The van der Waals surface area contributed by atoms with Crippen LogP contribution in [0.4, 0.5) is 0 Å². The third-order valence-corrected chi connectivity index (χ3v) is 4.74. The van der Waals surface area contributed by atoms with Gasteiger partial charge in [0.15, 0.2) is 0 Å². The van der Waals surface area contributed by atoms with Crippen LogP contribution in [0.5, 0.6) is 0 Å². The number of pyridine rings is 1. The normalized spacial score (nSPS) is 10.9. The Morgan fingerprint density at radius 3 is 2.79 bits per heavy atom. The number of thiazole rings is 1. The van der Waals surface area contributed by atoms with Crippen LogP contribution in [0.25, 0.3) is 21.7 Å². The molecule has 4 aromatic rings. The highest BCUT2D eigenvalue weighted by Crippen LogP contribution is 2.26. The third-order valence-electron chi connectivity index (χ3n) is 3.56. The summed E-state index contributed by atoms with van der Waals surface area (Å²) in [5, 5.41) is 0.730. The fraction of sp³-hybridized carbons (Fsp3) is 0.0588. The van der Waals surface area contributed by atoms with Crippen LogP contribution in [0.2, 0.25) is 0 Å². The Labute approximate surface area is 141 Å². The number of para-hydroxylation sites is 2. The molecule has 4 rings (SSSR count). The third kappa shape index (κ3) is 2.55. The maximum Gasteiger partial charge on any atom is 0.282 e. The van der Waals surface area contributed by atoms with Gasteiger partial charge in [0.05, 0.1) is 22.4 Å². The van der Waals surface area contributed by atoms with E-state index in [4.69, 9.17) is 0 Å². The number of fused-ring (bicyclic) bond motifs is 1. The van der Waals surface area contributed by atoms with Crippen molar-refractivity contribution < 1.29 is 4.79 Å². The topological polar surface area (TPSA) is 72.7 Å². The molecule has 1 N–H and O–H groups in total. The van der Waals surface area contributed by atoms with Crippen LogP contribution in [0.15, 0.2) is 55.0 Å². The minimum absolute atomic E-state index is 0.213. The maximum atomic E-state index is 12.6. The highest BCUT2D eigenvalue weighted by molar-refractivity contribution is 7.17. The number of amides is 1. The van der Waals surface area contributed by atoms with Crippen molar-refractivity contribution in [3.05, 3.63) is 65.6 Å². The molecule has 1 aromatic carbocycles. The summed E-state index contributed by atoms with van der Waals surface area (Å²) in [5.41, 5.74) is 5.97. The van der Waals surface area contributed by atoms with Crippen molar-refractivity contribution in [3.63, 3.8) is 0 Å². The minimum Gasteiger partial charge on any atom is -0.266 e. The highest BCUT2D eigenvalue weighted by Gasteiger charge is 2.17. The average molecular weight is 335 g/mol. The van der Waals surface area contributed by atoms with Crippen LogP contribution in [-0.2, 0) is 0 Å². The highest BCUT2D eigenvalue weighted by atomic mass is 32.1. The number of aryl methyl sites for hydroxylation is 1. The van der Waals surface area contributed by atoms with E-state index in [0.29, 0.717) is 10.6 Å². The van der Waals surface area contributed by atoms with Crippen LogP contribution in [-0.4, -0.2) is 25.5 Å². The van der Waals surface area contributed by atoms with E-state index in [1.807, 2.05) is 49.4 Å². The molecule has 118 valence electrons. The van der Waals surface area contributed by atoms with E-state index in [1.165, 1.54) is 11.3 Å². The van der Waals surface area contributed by atoms with Crippen molar-refractivity contribution in [3.8, 4) is 10.7 Å². The lowest BCUT2D eigenvalue weighted by Gasteiger charge is -2.05. The molecule has 6 nitrogen and oxygen atoms in total. The molecule has 0 bridgehead atoms. The molecule has 0 unspecified atom stereocenters. The summed E-state index contributed by atoms with van der Waals surface area (Å²) in [6, 6.07) is 13.2. The van der Waals surface area contributed by atoms with Gasteiger partial charge in [-0.2, -0.15) is 0 Å². The summed E-state index contributed by atoms with van der Waals surface area (Å²) in [4.78, 5) is 26.2. The Morgan fingerprint density at radius 2 is 1.96 bits per heavy atom. The Balaban J connectivity index is 1.64. The first-order valence-corrected chi connectivity index (χ1v) is 8.16. The smallest absolute Gasteiger partial charge is 0.266 e. The second-order valence-electron chi connectivity index (χ2n) is 5.19. The van der Waals surface area contributed by atoms with Gasteiger partial charge in [-0.15, -0.1) is 11.3 Å². The molecule has 0 fully saturated rings. The van der Waals surface area contributed by atoms with Gasteiger partial charge in [-0.3, -0.25) is 15.2 Å². The lowest BCUT2D eigenvalue weighted by Crippen LogP contribution is -2.21. The standard InChI is InChI=1S/C17H13N5OS/c1-11-15(24-17(20-11)13-7-4-5-9-18-13)16(23)21-22-10-19-12-6-2-3-8-14(12)22/h2-10H,1H3,(H,21,23).